The summed E-state index contributed by atoms with van der Waals surface area (Å²) in [4.78, 5) is 18.6. The van der Waals surface area contributed by atoms with Crippen molar-refractivity contribution in [3.05, 3.63) is 89.2 Å². The van der Waals surface area contributed by atoms with Crippen molar-refractivity contribution in [1.29, 1.82) is 0 Å². The zero-order valence-electron chi connectivity index (χ0n) is 23.7. The average molecular weight is 595 g/mol. The summed E-state index contributed by atoms with van der Waals surface area (Å²) < 4.78 is 42.5. The van der Waals surface area contributed by atoms with Crippen LogP contribution in [-0.2, 0) is 4.79 Å². The van der Waals surface area contributed by atoms with Crippen LogP contribution in [0, 0.1) is 20.8 Å². The molecule has 1 saturated heterocycles. The van der Waals surface area contributed by atoms with Crippen molar-refractivity contribution in [3.63, 3.8) is 0 Å². The van der Waals surface area contributed by atoms with Gasteiger partial charge in [-0.3, -0.25) is 9.69 Å². The van der Waals surface area contributed by atoms with Crippen LogP contribution in [0.15, 0.2) is 77.2 Å². The first kappa shape index (κ1) is 30.5. The van der Waals surface area contributed by atoms with Crippen molar-refractivity contribution in [3.8, 4) is 22.8 Å². The SMILES string of the molecule is CC.Cc1cc(C)c(N2C(=O)CS/C2=N\N=C\c2ccc(-c3ncn(-c4ccc(OC(F)(F)F)cc4)n3)cc2)c(C)c1. The number of aromatic nitrogens is 3. The maximum atomic E-state index is 12.6. The molecule has 218 valence electrons. The fraction of sp³-hybridized carbons (Fsp3) is 0.233. The van der Waals surface area contributed by atoms with E-state index in [0.717, 1.165) is 33.5 Å². The molecule has 1 aromatic heterocycles. The number of ether oxygens (including phenoxy) is 1. The first-order valence-corrected chi connectivity index (χ1v) is 14.1. The molecule has 4 aromatic rings. The molecule has 5 rings (SSSR count). The molecule has 12 heteroatoms. The van der Waals surface area contributed by atoms with E-state index in [1.54, 1.807) is 11.1 Å². The van der Waals surface area contributed by atoms with Crippen molar-refractivity contribution in [2.45, 2.75) is 41.0 Å². The first-order valence-electron chi connectivity index (χ1n) is 13.1. The van der Waals surface area contributed by atoms with E-state index in [9.17, 15) is 18.0 Å². The van der Waals surface area contributed by atoms with Gasteiger partial charge in [-0.05, 0) is 61.7 Å². The lowest BCUT2D eigenvalue weighted by Gasteiger charge is -2.21. The fourth-order valence-corrected chi connectivity index (χ4v) is 5.17. The zero-order chi connectivity index (χ0) is 30.4. The monoisotopic (exact) mass is 594 g/mol. The minimum Gasteiger partial charge on any atom is -0.406 e. The van der Waals surface area contributed by atoms with Gasteiger partial charge in [0.25, 0.3) is 0 Å². The van der Waals surface area contributed by atoms with Crippen LogP contribution in [-0.4, -0.2) is 44.2 Å². The number of nitrogens with zero attached hydrogens (tertiary/aromatic N) is 6. The highest BCUT2D eigenvalue weighted by molar-refractivity contribution is 8.15. The van der Waals surface area contributed by atoms with Crippen LogP contribution < -0.4 is 9.64 Å². The Bertz CT molecular complexity index is 1590. The van der Waals surface area contributed by atoms with Crippen LogP contribution in [0.1, 0.15) is 36.1 Å². The minimum atomic E-state index is -4.75. The van der Waals surface area contributed by atoms with Crippen molar-refractivity contribution >= 4 is 34.7 Å². The highest BCUT2D eigenvalue weighted by Crippen LogP contribution is 2.33. The van der Waals surface area contributed by atoms with Crippen molar-refractivity contribution in [2.75, 3.05) is 10.7 Å². The second-order valence-corrected chi connectivity index (χ2v) is 10.0. The highest BCUT2D eigenvalue weighted by Gasteiger charge is 2.32. The zero-order valence-corrected chi connectivity index (χ0v) is 24.5. The summed E-state index contributed by atoms with van der Waals surface area (Å²) in [6, 6.07) is 16.8. The Morgan fingerprint density at radius 2 is 1.62 bits per heavy atom. The molecule has 42 heavy (non-hydrogen) atoms. The molecule has 0 radical (unpaired) electrons. The van der Waals surface area contributed by atoms with E-state index in [1.165, 1.54) is 47.0 Å². The third-order valence-corrected chi connectivity index (χ3v) is 6.88. The number of halogens is 3. The van der Waals surface area contributed by atoms with Gasteiger partial charge in [-0.15, -0.1) is 23.4 Å². The van der Waals surface area contributed by atoms with Crippen LogP contribution in [0.25, 0.3) is 17.1 Å². The van der Waals surface area contributed by atoms with E-state index >= 15 is 0 Å². The smallest absolute Gasteiger partial charge is 0.406 e. The summed E-state index contributed by atoms with van der Waals surface area (Å²) in [6.07, 6.45) is -1.67. The molecule has 0 N–H and O–H groups in total. The minimum absolute atomic E-state index is 0.0316. The normalized spacial score (nSPS) is 14.4. The number of hydrogen-bond donors (Lipinski definition) is 0. The lowest BCUT2D eigenvalue weighted by atomic mass is 10.0. The summed E-state index contributed by atoms with van der Waals surface area (Å²) in [5.74, 6) is 0.404. The van der Waals surface area contributed by atoms with Crippen molar-refractivity contribution < 1.29 is 22.7 Å². The average Bonchev–Trinajstić information content (AvgIpc) is 3.57. The lowest BCUT2D eigenvalue weighted by molar-refractivity contribution is -0.274. The van der Waals surface area contributed by atoms with E-state index in [-0.39, 0.29) is 11.7 Å². The highest BCUT2D eigenvalue weighted by atomic mass is 32.2. The van der Waals surface area contributed by atoms with E-state index in [0.29, 0.717) is 22.4 Å². The Hall–Kier alpha value is -4.45. The number of rotatable bonds is 6. The number of carbonyl (C=O) groups excluding carboxylic acids is 1. The molecule has 3 aromatic carbocycles. The molecule has 1 aliphatic rings. The van der Waals surface area contributed by atoms with Gasteiger partial charge in [0.15, 0.2) is 11.0 Å². The van der Waals surface area contributed by atoms with E-state index in [4.69, 9.17) is 0 Å². The lowest BCUT2D eigenvalue weighted by Crippen LogP contribution is -2.30. The quantitative estimate of drug-likeness (QED) is 0.173. The Kier molecular flexibility index (Phi) is 9.46. The van der Waals surface area contributed by atoms with E-state index < -0.39 is 6.36 Å². The van der Waals surface area contributed by atoms with Gasteiger partial charge in [0.1, 0.15) is 12.1 Å². The predicted octanol–water partition coefficient (Wildman–Crippen LogP) is 7.25. The molecule has 2 heterocycles. The number of aryl methyl sites for hydroxylation is 3. The van der Waals surface area contributed by atoms with Gasteiger partial charge in [-0.1, -0.05) is 67.6 Å². The number of benzene rings is 3. The van der Waals surface area contributed by atoms with Gasteiger partial charge in [0.05, 0.1) is 23.3 Å². The Morgan fingerprint density at radius 3 is 2.24 bits per heavy atom. The van der Waals surface area contributed by atoms with Crippen LogP contribution in [0.5, 0.6) is 5.75 Å². The third kappa shape index (κ3) is 7.24. The number of hydrogen-bond acceptors (Lipinski definition) is 7. The number of carbonyl (C=O) groups is 1. The molecule has 0 saturated carbocycles. The molecule has 0 bridgehead atoms. The number of thioether (sulfide) groups is 1. The number of amidine groups is 1. The standard InChI is InChI=1S/C28H23F3N6O2S.C2H6/c1-17-12-18(2)25(19(3)13-17)37-24(38)15-40-27(37)34-33-14-20-4-6-21(7-5-20)26-32-16-36(35-26)22-8-10-23(11-9-22)39-28(29,30)31;1-2/h4-14,16H,15H2,1-3H3;1-2H3/b33-14+,34-27-;. The molecule has 8 nitrogen and oxygen atoms in total. The van der Waals surface area contributed by atoms with E-state index in [2.05, 4.69) is 25.0 Å². The van der Waals surface area contributed by atoms with Gasteiger partial charge < -0.3 is 4.74 Å². The predicted molar refractivity (Wildman–Crippen MR) is 160 cm³/mol. The summed E-state index contributed by atoms with van der Waals surface area (Å²) in [7, 11) is 0. The molecule has 0 aliphatic carbocycles. The molecule has 1 amide bonds. The Morgan fingerprint density at radius 1 is 0.976 bits per heavy atom. The Balaban J connectivity index is 0.00000198. The molecule has 0 spiro atoms. The van der Waals surface area contributed by atoms with Crippen LogP contribution in [0.4, 0.5) is 18.9 Å². The fourth-order valence-electron chi connectivity index (χ4n) is 4.36. The van der Waals surface area contributed by atoms with Crippen molar-refractivity contribution in [2.24, 2.45) is 10.2 Å². The van der Waals surface area contributed by atoms with Gasteiger partial charge in [0, 0.05) is 5.56 Å². The largest absolute Gasteiger partial charge is 0.573 e. The van der Waals surface area contributed by atoms with Gasteiger partial charge in [-0.25, -0.2) is 9.67 Å². The molecule has 1 aliphatic heterocycles. The second kappa shape index (κ2) is 13.0. The second-order valence-electron chi connectivity index (χ2n) is 9.07. The maximum absolute atomic E-state index is 12.6. The van der Waals surface area contributed by atoms with Gasteiger partial charge >= 0.3 is 6.36 Å². The summed E-state index contributed by atoms with van der Waals surface area (Å²) in [5, 5.41) is 13.5. The van der Waals surface area contributed by atoms with Gasteiger partial charge in [-0.2, -0.15) is 5.10 Å². The molecule has 1 fully saturated rings. The van der Waals surface area contributed by atoms with Crippen molar-refractivity contribution in [1.82, 2.24) is 14.8 Å². The summed E-state index contributed by atoms with van der Waals surface area (Å²) in [5.41, 5.74) is 6.05. The number of alkyl halides is 3. The molecular formula is C30H29F3N6O2S. The first-order chi connectivity index (χ1) is 20.1. The third-order valence-electron chi connectivity index (χ3n) is 5.97. The maximum Gasteiger partial charge on any atom is 0.573 e. The van der Waals surface area contributed by atoms with Gasteiger partial charge in [0.2, 0.25) is 5.91 Å². The molecule has 0 atom stereocenters. The molecular weight excluding hydrogens is 565 g/mol. The van der Waals surface area contributed by atoms with Crippen LogP contribution in [0.3, 0.4) is 0 Å². The Labute approximate surface area is 245 Å². The van der Waals surface area contributed by atoms with Crippen LogP contribution in [0.2, 0.25) is 0 Å². The van der Waals surface area contributed by atoms with Crippen LogP contribution >= 0.6 is 11.8 Å². The summed E-state index contributed by atoms with van der Waals surface area (Å²) in [6.45, 7) is 9.99. The topological polar surface area (TPSA) is 85.0 Å². The number of anilines is 1. The van der Waals surface area contributed by atoms with E-state index in [1.807, 2.05) is 71.0 Å². The molecule has 0 unspecified atom stereocenters. The summed E-state index contributed by atoms with van der Waals surface area (Å²) >= 11 is 1.35. The number of amides is 1.